The van der Waals surface area contributed by atoms with E-state index in [1.807, 2.05) is 6.92 Å². The largest absolute Gasteiger partial charge is 0.461 e. The number of aryl methyl sites for hydroxylation is 1. The number of hydrogen-bond acceptors (Lipinski definition) is 6. The van der Waals surface area contributed by atoms with Crippen molar-refractivity contribution in [1.29, 1.82) is 0 Å². The molecule has 1 N–H and O–H groups in total. The van der Waals surface area contributed by atoms with Crippen molar-refractivity contribution in [3.63, 3.8) is 0 Å². The quantitative estimate of drug-likeness (QED) is 0.155. The Balaban J connectivity index is 1.56. The number of alkyl halides is 2. The van der Waals surface area contributed by atoms with Crippen LogP contribution in [0.25, 0.3) is 0 Å². The number of carbonyl (C=O) groups is 2. The Morgan fingerprint density at radius 2 is 1.69 bits per heavy atom. The number of hydrogen-bond donors (Lipinski definition) is 1. The van der Waals surface area contributed by atoms with E-state index in [1.165, 1.54) is 26.1 Å². The number of esters is 1. The number of amides is 1. The number of aromatic nitrogens is 1. The first-order valence-electron chi connectivity index (χ1n) is 15.5. The predicted octanol–water partition coefficient (Wildman–Crippen LogP) is 6.23. The summed E-state index contributed by atoms with van der Waals surface area (Å²) in [6, 6.07) is 24.1. The van der Waals surface area contributed by atoms with Crippen molar-refractivity contribution in [3.8, 4) is 0 Å². The van der Waals surface area contributed by atoms with Gasteiger partial charge in [0.25, 0.3) is 5.91 Å². The Morgan fingerprint density at radius 1 is 1.00 bits per heavy atom. The summed E-state index contributed by atoms with van der Waals surface area (Å²) < 4.78 is 64.4. The molecule has 13 heteroatoms. The van der Waals surface area contributed by atoms with Crippen LogP contribution in [0.15, 0.2) is 102 Å². The first-order chi connectivity index (χ1) is 23.0. The predicted molar refractivity (Wildman–Crippen MR) is 182 cm³/mol. The van der Waals surface area contributed by atoms with Crippen LogP contribution in [0.1, 0.15) is 63.3 Å². The van der Waals surface area contributed by atoms with Crippen molar-refractivity contribution in [2.75, 3.05) is 18.2 Å². The van der Waals surface area contributed by atoms with E-state index in [-0.39, 0.29) is 48.2 Å². The van der Waals surface area contributed by atoms with Crippen LogP contribution in [0.3, 0.4) is 0 Å². The summed E-state index contributed by atoms with van der Waals surface area (Å²) in [7, 11) is -4.08. The number of carbonyl (C=O) groups excluding carboxylic acids is 2. The fourth-order valence-corrected chi connectivity index (χ4v) is 7.68. The molecule has 1 aliphatic rings. The molecule has 2 heterocycles. The molecule has 0 aliphatic carbocycles. The van der Waals surface area contributed by atoms with Crippen molar-refractivity contribution < 1.29 is 31.5 Å². The van der Waals surface area contributed by atoms with Crippen molar-refractivity contribution in [2.24, 2.45) is 5.92 Å². The zero-order chi connectivity index (χ0) is 34.4. The number of piperidine rings is 1. The van der Waals surface area contributed by atoms with Crippen LogP contribution >= 0.6 is 12.2 Å². The third-order valence-electron chi connectivity index (χ3n) is 8.28. The van der Waals surface area contributed by atoms with Gasteiger partial charge in [-0.15, -0.1) is 0 Å². The highest BCUT2D eigenvalue weighted by atomic mass is 32.2. The average molecular weight is 695 g/mol. The van der Waals surface area contributed by atoms with Gasteiger partial charge in [0, 0.05) is 24.2 Å². The van der Waals surface area contributed by atoms with E-state index in [9.17, 15) is 26.8 Å². The maximum absolute atomic E-state index is 14.2. The molecule has 48 heavy (non-hydrogen) atoms. The molecule has 0 radical (unpaired) electrons. The smallest absolute Gasteiger partial charge is 0.356 e. The van der Waals surface area contributed by atoms with Gasteiger partial charge in [-0.25, -0.2) is 22.0 Å². The van der Waals surface area contributed by atoms with Gasteiger partial charge in [-0.3, -0.25) is 19.8 Å². The summed E-state index contributed by atoms with van der Waals surface area (Å²) in [6.45, 7) is 3.50. The Hall–Kier alpha value is -4.46. The van der Waals surface area contributed by atoms with Gasteiger partial charge in [-0.05, 0) is 86.4 Å². The Labute approximate surface area is 284 Å². The Morgan fingerprint density at radius 3 is 2.38 bits per heavy atom. The van der Waals surface area contributed by atoms with E-state index in [1.54, 1.807) is 92.0 Å². The number of nitrogens with one attached hydrogen (secondary N) is 1. The lowest BCUT2D eigenvalue weighted by Crippen LogP contribution is -2.49. The van der Waals surface area contributed by atoms with Crippen LogP contribution in [-0.2, 0) is 21.3 Å². The van der Waals surface area contributed by atoms with E-state index < -0.39 is 40.3 Å². The zero-order valence-electron chi connectivity index (χ0n) is 26.5. The third-order valence-corrected chi connectivity index (χ3v) is 10.5. The maximum Gasteiger partial charge on any atom is 0.356 e. The summed E-state index contributed by atoms with van der Waals surface area (Å²) >= 11 is 5.73. The monoisotopic (exact) mass is 694 g/mol. The molecule has 4 aromatic rings. The molecule has 1 amide bonds. The lowest BCUT2D eigenvalue weighted by atomic mass is 9.87. The van der Waals surface area contributed by atoms with Crippen LogP contribution < -0.4 is 10.3 Å². The third kappa shape index (κ3) is 7.64. The van der Waals surface area contributed by atoms with Gasteiger partial charge < -0.3 is 4.74 Å². The molecule has 1 fully saturated rings. The molecule has 0 bridgehead atoms. The minimum Gasteiger partial charge on any atom is -0.461 e. The summed E-state index contributed by atoms with van der Waals surface area (Å²) in [5.41, 5.74) is 2.43. The molecular weight excluding hydrogens is 659 g/mol. The van der Waals surface area contributed by atoms with Crippen molar-refractivity contribution in [2.45, 2.75) is 50.6 Å². The van der Waals surface area contributed by atoms with Crippen LogP contribution in [0.5, 0.6) is 0 Å². The van der Waals surface area contributed by atoms with Crippen LogP contribution in [-0.4, -0.2) is 54.0 Å². The van der Waals surface area contributed by atoms with Crippen LogP contribution in [0.4, 0.5) is 8.78 Å². The van der Waals surface area contributed by atoms with E-state index in [0.717, 1.165) is 5.56 Å². The van der Waals surface area contributed by atoms with Crippen LogP contribution in [0, 0.1) is 12.8 Å². The number of halogens is 2. The standard InChI is InChI=1S/C35H36F2N4O5S2/c1-3-46-34(43)30-14-9-20-39(30)40(35(47)38-33(42)25-10-5-4-6-11-25)23-27-12-7-8-13-29(27)31-22-26(32(36)37)19-21-41(31)48(44,45)28-17-15-24(2)16-18-28/h4-18,20,26,31-32H,3,19,21-23H2,1-2H3,(H,38,42,47). The molecule has 5 rings (SSSR count). The van der Waals surface area contributed by atoms with Crippen molar-refractivity contribution >= 4 is 39.2 Å². The van der Waals surface area contributed by atoms with Crippen molar-refractivity contribution in [3.05, 3.63) is 125 Å². The van der Waals surface area contributed by atoms with E-state index in [4.69, 9.17) is 17.0 Å². The maximum atomic E-state index is 14.2. The molecule has 1 aliphatic heterocycles. The SMILES string of the molecule is CCOC(=O)c1cccn1N(Cc1ccccc1C1CC(C(F)F)CCN1S(=O)(=O)c1ccc(C)cc1)C(=S)NC(=O)c1ccccc1. The van der Waals surface area contributed by atoms with Gasteiger partial charge in [0.05, 0.1) is 24.1 Å². The van der Waals surface area contributed by atoms with E-state index >= 15 is 0 Å². The lowest BCUT2D eigenvalue weighted by molar-refractivity contribution is 0.0323. The van der Waals surface area contributed by atoms with Gasteiger partial charge in [0.2, 0.25) is 16.4 Å². The molecule has 1 saturated heterocycles. The molecule has 1 aromatic heterocycles. The summed E-state index contributed by atoms with van der Waals surface area (Å²) in [4.78, 5) is 26.2. The summed E-state index contributed by atoms with van der Waals surface area (Å²) in [5.74, 6) is -2.12. The highest BCUT2D eigenvalue weighted by Gasteiger charge is 2.41. The molecule has 2 unspecified atom stereocenters. The molecule has 0 spiro atoms. The first-order valence-corrected chi connectivity index (χ1v) is 17.3. The minimum atomic E-state index is -4.08. The van der Waals surface area contributed by atoms with E-state index in [0.29, 0.717) is 16.7 Å². The first kappa shape index (κ1) is 34.9. The lowest BCUT2D eigenvalue weighted by Gasteiger charge is -2.39. The molecular formula is C35H36F2N4O5S2. The van der Waals surface area contributed by atoms with Crippen LogP contribution in [0.2, 0.25) is 0 Å². The topological polar surface area (TPSA) is 101 Å². The number of nitrogens with zero attached hydrogens (tertiary/aromatic N) is 3. The normalized spacial score (nSPS) is 16.8. The van der Waals surface area contributed by atoms with Gasteiger partial charge in [0.1, 0.15) is 5.69 Å². The second-order valence-electron chi connectivity index (χ2n) is 11.4. The fraction of sp³-hybridized carbons (Fsp3) is 0.286. The van der Waals surface area contributed by atoms with Gasteiger partial charge >= 0.3 is 5.97 Å². The summed E-state index contributed by atoms with van der Waals surface area (Å²) in [5, 5.41) is 4.15. The van der Waals surface area contributed by atoms with Crippen molar-refractivity contribution in [1.82, 2.24) is 14.3 Å². The molecule has 3 aromatic carbocycles. The fourth-order valence-electron chi connectivity index (χ4n) is 5.80. The highest BCUT2D eigenvalue weighted by molar-refractivity contribution is 7.89. The van der Waals surface area contributed by atoms with Gasteiger partial charge in [-0.2, -0.15) is 4.31 Å². The number of benzene rings is 3. The minimum absolute atomic E-state index is 0.00935. The molecule has 2 atom stereocenters. The summed E-state index contributed by atoms with van der Waals surface area (Å²) in [6.07, 6.45) is -1.15. The van der Waals surface area contributed by atoms with Gasteiger partial charge in [0.15, 0.2) is 5.11 Å². The Kier molecular flexibility index (Phi) is 11.0. The highest BCUT2D eigenvalue weighted by Crippen LogP contribution is 2.41. The second kappa shape index (κ2) is 15.2. The zero-order valence-corrected chi connectivity index (χ0v) is 28.1. The number of rotatable bonds is 10. The average Bonchev–Trinajstić information content (AvgIpc) is 3.57. The number of thiocarbonyl (C=S) groups is 1. The molecule has 9 nitrogen and oxygen atoms in total. The number of sulfonamides is 1. The molecule has 252 valence electrons. The number of ether oxygens (including phenoxy) is 1. The van der Waals surface area contributed by atoms with E-state index in [2.05, 4.69) is 5.32 Å². The molecule has 0 saturated carbocycles. The van der Waals surface area contributed by atoms with Gasteiger partial charge in [-0.1, -0.05) is 60.2 Å². The second-order valence-corrected chi connectivity index (χ2v) is 13.7. The Bertz CT molecular complexity index is 1870.